The molecule has 120 valence electrons. The SMILES string of the molecule is Cc1ccc2c(c1O)N[C@@H](O)[C@@H]1CC(/C=C/C(=N)N)=CN1C2=O. The van der Waals surface area contributed by atoms with Crippen LogP contribution in [0.25, 0.3) is 0 Å². The molecule has 6 N–H and O–H groups in total. The van der Waals surface area contributed by atoms with Gasteiger partial charge in [0, 0.05) is 6.20 Å². The maximum absolute atomic E-state index is 12.7. The zero-order valence-corrected chi connectivity index (χ0v) is 12.6. The van der Waals surface area contributed by atoms with Gasteiger partial charge in [0.05, 0.1) is 17.3 Å². The molecule has 7 heteroatoms. The molecule has 0 bridgehead atoms. The number of aliphatic hydroxyl groups is 1. The van der Waals surface area contributed by atoms with Crippen LogP contribution in [0, 0.1) is 12.3 Å². The third-order valence-corrected chi connectivity index (χ3v) is 4.09. The number of carbonyl (C=O) groups is 1. The van der Waals surface area contributed by atoms with Gasteiger partial charge in [0.1, 0.15) is 17.8 Å². The number of nitrogens with zero attached hydrogens (tertiary/aromatic N) is 1. The summed E-state index contributed by atoms with van der Waals surface area (Å²) in [5, 5.41) is 30.6. The van der Waals surface area contributed by atoms with Crippen LogP contribution in [0.1, 0.15) is 22.3 Å². The Morgan fingerprint density at radius 2 is 2.26 bits per heavy atom. The Labute approximate surface area is 133 Å². The van der Waals surface area contributed by atoms with Crippen LogP contribution < -0.4 is 11.1 Å². The van der Waals surface area contributed by atoms with Gasteiger partial charge in [0.15, 0.2) is 0 Å². The molecule has 2 aliphatic heterocycles. The zero-order valence-electron chi connectivity index (χ0n) is 12.6. The number of nitrogens with one attached hydrogen (secondary N) is 2. The third-order valence-electron chi connectivity index (χ3n) is 4.09. The highest BCUT2D eigenvalue weighted by Crippen LogP contribution is 2.38. The molecule has 2 heterocycles. The molecule has 0 aliphatic carbocycles. The number of hydrogen-bond donors (Lipinski definition) is 5. The Kier molecular flexibility index (Phi) is 3.57. The summed E-state index contributed by atoms with van der Waals surface area (Å²) in [7, 11) is 0. The lowest BCUT2D eigenvalue weighted by atomic mass is 10.1. The van der Waals surface area contributed by atoms with Crippen molar-refractivity contribution in [1.29, 1.82) is 5.41 Å². The van der Waals surface area contributed by atoms with E-state index < -0.39 is 12.3 Å². The fourth-order valence-corrected chi connectivity index (χ4v) is 2.85. The minimum Gasteiger partial charge on any atom is -0.505 e. The molecule has 7 nitrogen and oxygen atoms in total. The summed E-state index contributed by atoms with van der Waals surface area (Å²) in [6, 6.07) is 2.81. The van der Waals surface area contributed by atoms with E-state index in [4.69, 9.17) is 11.1 Å². The van der Waals surface area contributed by atoms with Crippen molar-refractivity contribution in [3.8, 4) is 5.75 Å². The second kappa shape index (κ2) is 5.44. The molecular formula is C16H18N4O3. The topological polar surface area (TPSA) is 123 Å². The van der Waals surface area contributed by atoms with Crippen molar-refractivity contribution in [3.05, 3.63) is 47.2 Å². The van der Waals surface area contributed by atoms with Gasteiger partial charge in [-0.25, -0.2) is 0 Å². The van der Waals surface area contributed by atoms with Gasteiger partial charge in [-0.2, -0.15) is 0 Å². The average molecular weight is 314 g/mol. The largest absolute Gasteiger partial charge is 0.505 e. The summed E-state index contributed by atoms with van der Waals surface area (Å²) in [6.45, 7) is 1.73. The van der Waals surface area contributed by atoms with Crippen LogP contribution in [0.15, 0.2) is 36.1 Å². The third kappa shape index (κ3) is 2.55. The number of anilines is 1. The van der Waals surface area contributed by atoms with E-state index in [1.165, 1.54) is 11.0 Å². The molecule has 0 aromatic heterocycles. The lowest BCUT2D eigenvalue weighted by Gasteiger charge is -2.24. The van der Waals surface area contributed by atoms with Crippen LogP contribution in [0.3, 0.4) is 0 Å². The molecule has 2 atom stereocenters. The molecule has 3 rings (SSSR count). The number of amidine groups is 1. The molecule has 0 spiro atoms. The predicted octanol–water partition coefficient (Wildman–Crippen LogP) is 1.04. The Bertz CT molecular complexity index is 754. The van der Waals surface area contributed by atoms with Crippen molar-refractivity contribution in [2.75, 3.05) is 5.32 Å². The molecular weight excluding hydrogens is 296 g/mol. The molecule has 2 aliphatic rings. The second-order valence-corrected chi connectivity index (χ2v) is 5.72. The highest BCUT2D eigenvalue weighted by Gasteiger charge is 2.39. The van der Waals surface area contributed by atoms with E-state index in [2.05, 4.69) is 5.32 Å². The number of allylic oxidation sites excluding steroid dienone is 1. The highest BCUT2D eigenvalue weighted by molar-refractivity contribution is 6.03. The van der Waals surface area contributed by atoms with Crippen molar-refractivity contribution in [3.63, 3.8) is 0 Å². The van der Waals surface area contributed by atoms with Crippen LogP contribution in [-0.4, -0.2) is 39.1 Å². The Hall–Kier alpha value is -2.80. The minimum atomic E-state index is -1.02. The van der Waals surface area contributed by atoms with Crippen molar-refractivity contribution < 1.29 is 15.0 Å². The Balaban J connectivity index is 2.01. The summed E-state index contributed by atoms with van der Waals surface area (Å²) in [4.78, 5) is 14.2. The number of benzene rings is 1. The van der Waals surface area contributed by atoms with Crippen molar-refractivity contribution in [2.24, 2.45) is 5.73 Å². The Morgan fingerprint density at radius 3 is 2.96 bits per heavy atom. The maximum Gasteiger partial charge on any atom is 0.260 e. The lowest BCUT2D eigenvalue weighted by Crippen LogP contribution is -2.42. The van der Waals surface area contributed by atoms with Crippen LogP contribution in [0.4, 0.5) is 5.69 Å². The van der Waals surface area contributed by atoms with E-state index in [9.17, 15) is 15.0 Å². The molecule has 1 aromatic carbocycles. The van der Waals surface area contributed by atoms with E-state index >= 15 is 0 Å². The van der Waals surface area contributed by atoms with E-state index in [0.29, 0.717) is 17.5 Å². The molecule has 23 heavy (non-hydrogen) atoms. The number of nitrogens with two attached hydrogens (primary N) is 1. The van der Waals surface area contributed by atoms with Gasteiger partial charge in [0.25, 0.3) is 5.91 Å². The molecule has 0 saturated carbocycles. The first kappa shape index (κ1) is 15.1. The quantitative estimate of drug-likeness (QED) is 0.317. The number of phenols is 1. The van der Waals surface area contributed by atoms with E-state index in [1.807, 2.05) is 0 Å². The van der Waals surface area contributed by atoms with Crippen LogP contribution in [-0.2, 0) is 0 Å². The molecule has 1 amide bonds. The van der Waals surface area contributed by atoms with Gasteiger partial charge in [-0.1, -0.05) is 12.1 Å². The first-order chi connectivity index (χ1) is 10.9. The van der Waals surface area contributed by atoms with Gasteiger partial charge < -0.3 is 26.2 Å². The van der Waals surface area contributed by atoms with Crippen molar-refractivity contribution >= 4 is 17.4 Å². The van der Waals surface area contributed by atoms with Gasteiger partial charge in [-0.3, -0.25) is 10.2 Å². The number of fused-ring (bicyclic) bond motifs is 2. The molecule has 0 saturated heterocycles. The number of amides is 1. The number of aryl methyl sites for hydroxylation is 1. The number of aliphatic hydroxyl groups excluding tert-OH is 1. The number of carbonyl (C=O) groups excluding carboxylic acids is 1. The van der Waals surface area contributed by atoms with Gasteiger partial charge >= 0.3 is 0 Å². The van der Waals surface area contributed by atoms with Gasteiger partial charge in [-0.05, 0) is 36.6 Å². The van der Waals surface area contributed by atoms with Crippen LogP contribution >= 0.6 is 0 Å². The Morgan fingerprint density at radius 1 is 1.52 bits per heavy atom. The van der Waals surface area contributed by atoms with E-state index in [0.717, 1.165) is 5.57 Å². The van der Waals surface area contributed by atoms with E-state index in [-0.39, 0.29) is 23.2 Å². The number of hydrogen-bond acceptors (Lipinski definition) is 5. The standard InChI is InChI=1S/C16H18N4O3/c1-8-2-4-10-13(14(8)21)19-15(22)11-6-9(3-5-12(17)18)7-20(11)16(10)23/h2-5,7,11,15,19,21-22H,6H2,1H3,(H3,17,18)/b5-3+/t11-,15-/m0/s1. The summed E-state index contributed by atoms with van der Waals surface area (Å²) >= 11 is 0. The zero-order chi connectivity index (χ0) is 16.7. The molecule has 1 aromatic rings. The molecule has 0 unspecified atom stereocenters. The minimum absolute atomic E-state index is 0.0308. The number of phenolic OH excluding ortho intramolecular Hbond substituents is 1. The second-order valence-electron chi connectivity index (χ2n) is 5.72. The van der Waals surface area contributed by atoms with Crippen LogP contribution in [0.2, 0.25) is 0 Å². The van der Waals surface area contributed by atoms with Crippen molar-refractivity contribution in [2.45, 2.75) is 25.6 Å². The summed E-state index contributed by atoms with van der Waals surface area (Å²) in [5.74, 6) is -0.406. The summed E-state index contributed by atoms with van der Waals surface area (Å²) in [6.07, 6.45) is 4.14. The fraction of sp³-hybridized carbons (Fsp3) is 0.250. The van der Waals surface area contributed by atoms with Crippen molar-refractivity contribution in [1.82, 2.24) is 4.90 Å². The lowest BCUT2D eigenvalue weighted by molar-refractivity contribution is 0.0644. The van der Waals surface area contributed by atoms with Crippen LogP contribution in [0.5, 0.6) is 5.75 Å². The summed E-state index contributed by atoms with van der Waals surface area (Å²) < 4.78 is 0. The molecule has 0 fully saturated rings. The molecule has 0 radical (unpaired) electrons. The number of rotatable bonds is 2. The average Bonchev–Trinajstić information content (AvgIpc) is 2.90. The predicted molar refractivity (Wildman–Crippen MR) is 86.2 cm³/mol. The smallest absolute Gasteiger partial charge is 0.260 e. The van der Waals surface area contributed by atoms with Gasteiger partial charge in [0.2, 0.25) is 0 Å². The maximum atomic E-state index is 12.7. The number of aromatic hydroxyl groups is 1. The summed E-state index contributed by atoms with van der Waals surface area (Å²) in [5.41, 5.74) is 7.27. The normalized spacial score (nSPS) is 23.1. The van der Waals surface area contributed by atoms with E-state index in [1.54, 1.807) is 31.3 Å². The monoisotopic (exact) mass is 314 g/mol. The highest BCUT2D eigenvalue weighted by atomic mass is 16.3. The van der Waals surface area contributed by atoms with Gasteiger partial charge in [-0.15, -0.1) is 0 Å². The first-order valence-electron chi connectivity index (χ1n) is 7.21. The first-order valence-corrected chi connectivity index (χ1v) is 7.21. The fourth-order valence-electron chi connectivity index (χ4n) is 2.85.